The van der Waals surface area contributed by atoms with Gasteiger partial charge in [0.2, 0.25) is 0 Å². The van der Waals surface area contributed by atoms with Gasteiger partial charge in [-0.25, -0.2) is 9.13 Å². The number of azo groups is 2. The highest BCUT2D eigenvalue weighted by Gasteiger charge is 2.09. The first-order valence-electron chi connectivity index (χ1n) is 12.0. The summed E-state index contributed by atoms with van der Waals surface area (Å²) >= 11 is 3.14. The molecule has 12 nitrogen and oxygen atoms in total. The van der Waals surface area contributed by atoms with Crippen molar-refractivity contribution in [3.05, 3.63) is 70.7 Å². The maximum Gasteiger partial charge on any atom is 0.408 e. The molecule has 2 heterocycles. The molecule has 0 bridgehead atoms. The molecule has 0 amide bonds. The molecule has 2 aromatic carbocycles. The first-order chi connectivity index (χ1) is 19.0. The number of nitrogens with zero attached hydrogens (tertiary/aromatic N) is 6. The zero-order valence-electron chi connectivity index (χ0n) is 22.4. The summed E-state index contributed by atoms with van der Waals surface area (Å²) in [6.07, 6.45) is 4.94. The molecule has 0 aliphatic heterocycles. The topological polar surface area (TPSA) is 162 Å². The molecule has 0 atom stereocenters. The first-order valence-corrected chi connectivity index (χ1v) is 15.1. The Morgan fingerprint density at radius 3 is 1.48 bits per heavy atom. The van der Waals surface area contributed by atoms with Crippen molar-refractivity contribution in [2.24, 2.45) is 34.6 Å². The molecule has 0 radical (unpaired) electrons. The van der Waals surface area contributed by atoms with E-state index in [9.17, 15) is 0 Å². The van der Waals surface area contributed by atoms with E-state index in [0.717, 1.165) is 63.6 Å². The number of hydrogen-bond acceptors (Lipinski definition) is 12. The lowest BCUT2D eigenvalue weighted by molar-refractivity contribution is -0.654. The molecule has 40 heavy (non-hydrogen) atoms. The molecule has 0 fully saturated rings. The third-order valence-corrected chi connectivity index (χ3v) is 7.09. The lowest BCUT2D eigenvalue weighted by Crippen LogP contribution is -2.23. The van der Waals surface area contributed by atoms with Crippen LogP contribution in [-0.2, 0) is 24.5 Å². The molecule has 4 rings (SSSR count). The highest BCUT2D eigenvalue weighted by molar-refractivity contribution is 7.79. The van der Waals surface area contributed by atoms with Gasteiger partial charge in [-0.05, 0) is 101 Å². The van der Waals surface area contributed by atoms with Crippen molar-refractivity contribution in [1.82, 2.24) is 0 Å². The van der Waals surface area contributed by atoms with Gasteiger partial charge in [0.25, 0.3) is 0 Å². The maximum absolute atomic E-state index is 8.52. The molecule has 2 N–H and O–H groups in total. The van der Waals surface area contributed by atoms with Gasteiger partial charge >= 0.3 is 10.3 Å². The van der Waals surface area contributed by atoms with Gasteiger partial charge in [-0.15, -0.1) is 0 Å². The van der Waals surface area contributed by atoms with Crippen LogP contribution in [0.15, 0.2) is 80.0 Å². The van der Waals surface area contributed by atoms with Crippen LogP contribution in [-0.4, -0.2) is 30.6 Å². The molecule has 15 heteroatoms. The van der Waals surface area contributed by atoms with Crippen LogP contribution in [0.3, 0.4) is 0 Å². The molecule has 4 aromatic rings. The fraction of sp³-hybridized carbons (Fsp3) is 0.280. The Bertz CT molecular complexity index is 1470. The first kappa shape index (κ1) is 30.9. The van der Waals surface area contributed by atoms with E-state index in [1.807, 2.05) is 58.5 Å². The zero-order chi connectivity index (χ0) is 29.1. The summed E-state index contributed by atoms with van der Waals surface area (Å²) in [7, 11) is -1.23. The second kappa shape index (κ2) is 14.7. The van der Waals surface area contributed by atoms with Crippen LogP contribution in [0.25, 0.3) is 0 Å². The van der Waals surface area contributed by atoms with Crippen molar-refractivity contribution in [2.75, 3.05) is 23.7 Å². The molecule has 0 aliphatic carbocycles. The molecule has 0 aliphatic rings. The van der Waals surface area contributed by atoms with Crippen LogP contribution in [0.5, 0.6) is 0 Å². The predicted molar refractivity (Wildman–Crippen MR) is 154 cm³/mol. The molecule has 212 valence electrons. The van der Waals surface area contributed by atoms with E-state index in [1.54, 1.807) is 22.7 Å². The molecule has 0 spiro atoms. The van der Waals surface area contributed by atoms with Crippen molar-refractivity contribution in [3.63, 3.8) is 0 Å². The summed E-state index contributed by atoms with van der Waals surface area (Å²) in [5, 5.41) is 30.2. The van der Waals surface area contributed by atoms with E-state index >= 15 is 0 Å². The number of rotatable bonds is 10. The average Bonchev–Trinajstić information content (AvgIpc) is 3.49. The van der Waals surface area contributed by atoms with E-state index in [2.05, 4.69) is 69.2 Å². The lowest BCUT2D eigenvalue weighted by atomic mass is 10.2. The van der Waals surface area contributed by atoms with E-state index < -0.39 is 10.4 Å². The highest BCUT2D eigenvalue weighted by atomic mass is 32.3. The molecule has 0 saturated heterocycles. The van der Waals surface area contributed by atoms with Crippen LogP contribution in [0.1, 0.15) is 17.5 Å². The summed E-state index contributed by atoms with van der Waals surface area (Å²) in [5.74, 6) is 0. The molecule has 0 unspecified atom stereocenters. The van der Waals surface area contributed by atoms with E-state index in [1.165, 1.54) is 0 Å². The number of thiazole rings is 2. The van der Waals surface area contributed by atoms with Gasteiger partial charge in [-0.3, -0.25) is 8.42 Å². The van der Waals surface area contributed by atoms with Crippen LogP contribution in [0, 0.1) is 13.8 Å². The van der Waals surface area contributed by atoms with E-state index in [0.29, 0.717) is 0 Å². The Kier molecular flexibility index (Phi) is 11.3. The second-order valence-corrected chi connectivity index (χ2v) is 11.2. The minimum Gasteiger partial charge on any atom is -0.759 e. The van der Waals surface area contributed by atoms with Crippen molar-refractivity contribution in [2.45, 2.75) is 20.3 Å². The Morgan fingerprint density at radius 2 is 1.15 bits per heavy atom. The molecular formula is C25H30N8O4S3. The Labute approximate surface area is 241 Å². The van der Waals surface area contributed by atoms with Gasteiger partial charge in [0.05, 0.1) is 24.3 Å². The van der Waals surface area contributed by atoms with Gasteiger partial charge in [-0.1, -0.05) is 0 Å². The Morgan fingerprint density at radius 1 is 0.750 bits per heavy atom. The van der Waals surface area contributed by atoms with Crippen LogP contribution in [0.4, 0.5) is 33.0 Å². The van der Waals surface area contributed by atoms with Crippen LogP contribution in [0.2, 0.25) is 0 Å². The Balaban J connectivity index is 0.000000810. The van der Waals surface area contributed by atoms with Crippen LogP contribution < -0.4 is 19.8 Å². The summed E-state index contributed by atoms with van der Waals surface area (Å²) < 4.78 is 38.0. The standard InChI is InChI=1S/C25H28N8S2.H2O4S/c1-18-16-20(6-8-22(18)28-30-24-32(3)12-14-34-24)26-10-5-11-27-21-7-9-23(19(2)17-21)29-31-25-33(4)13-15-35-25;1-5(2,3)4/h6-9,12-17H,5,10-11H2,1-4H3;(H2,1,2,3,4). The fourth-order valence-corrected chi connectivity index (χ4v) is 4.71. The number of nitrogens with one attached hydrogen (secondary N) is 2. The predicted octanol–water partition coefficient (Wildman–Crippen LogP) is 5.48. The summed E-state index contributed by atoms with van der Waals surface area (Å²) in [6, 6.07) is 12.3. The SMILES string of the molecule is Cc1cc(NCCCNc2ccc(N=Nc3scc[n+]3C)c(C)c2)ccc1N=Nc1scc[n+]1C.O=S(=O)([O-])[O-]. The number of aromatic nitrogens is 2. The van der Waals surface area contributed by atoms with Crippen molar-refractivity contribution in [1.29, 1.82) is 0 Å². The number of anilines is 2. The number of hydrogen-bond donors (Lipinski definition) is 2. The number of benzene rings is 2. The third-order valence-electron chi connectivity index (χ3n) is 5.41. The summed E-state index contributed by atoms with van der Waals surface area (Å²) in [6.45, 7) is 5.87. The molecule has 2 aromatic heterocycles. The normalized spacial score (nSPS) is 11.6. The average molecular weight is 603 g/mol. The summed E-state index contributed by atoms with van der Waals surface area (Å²) in [5.41, 5.74) is 6.13. The monoisotopic (exact) mass is 602 g/mol. The van der Waals surface area contributed by atoms with Gasteiger partial charge < -0.3 is 19.7 Å². The van der Waals surface area contributed by atoms with Crippen molar-refractivity contribution in [3.8, 4) is 0 Å². The van der Waals surface area contributed by atoms with Gasteiger partial charge in [0.15, 0.2) is 0 Å². The maximum atomic E-state index is 8.52. The van der Waals surface area contributed by atoms with E-state index in [4.69, 9.17) is 17.5 Å². The van der Waals surface area contributed by atoms with E-state index in [-0.39, 0.29) is 0 Å². The van der Waals surface area contributed by atoms with Crippen LogP contribution >= 0.6 is 22.7 Å². The van der Waals surface area contributed by atoms with Gasteiger partial charge in [-0.2, -0.15) is 0 Å². The second-order valence-electron chi connectivity index (χ2n) is 8.61. The highest BCUT2D eigenvalue weighted by Crippen LogP contribution is 2.26. The fourth-order valence-electron chi connectivity index (χ4n) is 3.35. The smallest absolute Gasteiger partial charge is 0.408 e. The third kappa shape index (κ3) is 10.5. The van der Waals surface area contributed by atoms with Crippen molar-refractivity contribution >= 4 is 66.1 Å². The molecular weight excluding hydrogens is 573 g/mol. The number of aryl methyl sites for hydroxylation is 4. The zero-order valence-corrected chi connectivity index (χ0v) is 24.9. The van der Waals surface area contributed by atoms with Gasteiger partial charge in [0.1, 0.15) is 23.8 Å². The summed E-state index contributed by atoms with van der Waals surface area (Å²) in [4.78, 5) is 0. The minimum atomic E-state index is -5.17. The quantitative estimate of drug-likeness (QED) is 0.0803. The van der Waals surface area contributed by atoms with Gasteiger partial charge in [0, 0.05) is 45.6 Å². The lowest BCUT2D eigenvalue weighted by Gasteiger charge is -2.10. The minimum absolute atomic E-state index is 0.876. The largest absolute Gasteiger partial charge is 0.759 e. The molecule has 0 saturated carbocycles. The van der Waals surface area contributed by atoms with Crippen molar-refractivity contribution < 1.29 is 26.7 Å². The Hall–Kier alpha value is -3.63.